The van der Waals surface area contributed by atoms with E-state index in [9.17, 15) is 0 Å². The molecule has 2 N–H and O–H groups in total. The Morgan fingerprint density at radius 2 is 1.84 bits per heavy atom. The van der Waals surface area contributed by atoms with Gasteiger partial charge in [0.25, 0.3) is 0 Å². The SMILES string of the molecule is CCCOc1ccc(Oc2ncccc2CNC(=NC)NC2CCN(CCC)CC2)cc1. The van der Waals surface area contributed by atoms with Gasteiger partial charge >= 0.3 is 0 Å². The standard InChI is InChI=1S/C25H37N5O2/c1-4-15-30-16-12-21(13-17-30)29-25(26-3)28-19-20-7-6-14-27-24(20)32-23-10-8-22(9-11-23)31-18-5-2/h6-11,14,21H,4-5,12-13,15-19H2,1-3H3,(H2,26,28,29). The maximum Gasteiger partial charge on any atom is 0.224 e. The highest BCUT2D eigenvalue weighted by Gasteiger charge is 2.19. The quantitative estimate of drug-likeness (QED) is 0.427. The topological polar surface area (TPSA) is 71.0 Å². The maximum atomic E-state index is 6.05. The Labute approximate surface area is 192 Å². The number of nitrogens with zero attached hydrogens (tertiary/aromatic N) is 3. The molecule has 0 amide bonds. The van der Waals surface area contributed by atoms with Gasteiger partial charge in [-0.05, 0) is 62.6 Å². The summed E-state index contributed by atoms with van der Waals surface area (Å²) >= 11 is 0. The lowest BCUT2D eigenvalue weighted by Crippen LogP contribution is -2.48. The first kappa shape index (κ1) is 23.9. The second-order valence-electron chi connectivity index (χ2n) is 8.08. The molecule has 0 aliphatic carbocycles. The molecular weight excluding hydrogens is 402 g/mol. The molecule has 0 atom stereocenters. The average molecular weight is 440 g/mol. The van der Waals surface area contributed by atoms with Crippen LogP contribution in [-0.2, 0) is 6.54 Å². The zero-order chi connectivity index (χ0) is 22.6. The molecule has 32 heavy (non-hydrogen) atoms. The van der Waals surface area contributed by atoms with E-state index >= 15 is 0 Å². The van der Waals surface area contributed by atoms with E-state index in [1.165, 1.54) is 13.0 Å². The lowest BCUT2D eigenvalue weighted by atomic mass is 10.1. The molecule has 0 radical (unpaired) electrons. The van der Waals surface area contributed by atoms with Crippen molar-refractivity contribution in [3.05, 3.63) is 48.2 Å². The summed E-state index contributed by atoms with van der Waals surface area (Å²) in [4.78, 5) is 11.4. The van der Waals surface area contributed by atoms with Gasteiger partial charge in [0.2, 0.25) is 5.88 Å². The van der Waals surface area contributed by atoms with Gasteiger partial charge in [0, 0.05) is 44.5 Å². The summed E-state index contributed by atoms with van der Waals surface area (Å²) in [5, 5.41) is 6.98. The summed E-state index contributed by atoms with van der Waals surface area (Å²) < 4.78 is 11.7. The fourth-order valence-corrected chi connectivity index (χ4v) is 3.77. The molecule has 7 nitrogen and oxygen atoms in total. The summed E-state index contributed by atoms with van der Waals surface area (Å²) in [6.07, 6.45) is 6.22. The molecule has 2 aromatic rings. The molecule has 3 rings (SSSR count). The Hall–Kier alpha value is -2.80. The first-order chi connectivity index (χ1) is 15.7. The molecule has 1 saturated heterocycles. The third-order valence-corrected chi connectivity index (χ3v) is 5.50. The van der Waals surface area contributed by atoms with Crippen molar-refractivity contribution in [1.82, 2.24) is 20.5 Å². The number of likely N-dealkylation sites (tertiary alicyclic amines) is 1. The predicted molar refractivity (Wildman–Crippen MR) is 130 cm³/mol. The van der Waals surface area contributed by atoms with E-state index in [0.717, 1.165) is 55.4 Å². The van der Waals surface area contributed by atoms with Crippen molar-refractivity contribution >= 4 is 5.96 Å². The van der Waals surface area contributed by atoms with Crippen molar-refractivity contribution in [2.45, 2.75) is 52.1 Å². The van der Waals surface area contributed by atoms with Crippen LogP contribution in [0.4, 0.5) is 0 Å². The van der Waals surface area contributed by atoms with Crippen molar-refractivity contribution in [2.24, 2.45) is 4.99 Å². The van der Waals surface area contributed by atoms with Crippen LogP contribution in [0.15, 0.2) is 47.6 Å². The van der Waals surface area contributed by atoms with E-state index in [0.29, 0.717) is 25.1 Å². The molecule has 0 spiro atoms. The van der Waals surface area contributed by atoms with Gasteiger partial charge in [0.15, 0.2) is 5.96 Å². The van der Waals surface area contributed by atoms with Crippen LogP contribution >= 0.6 is 0 Å². The molecule has 0 bridgehead atoms. The molecule has 1 aromatic heterocycles. The Bertz CT molecular complexity index is 832. The number of nitrogens with one attached hydrogen (secondary N) is 2. The Morgan fingerprint density at radius 3 is 2.53 bits per heavy atom. The number of rotatable bonds is 10. The first-order valence-corrected chi connectivity index (χ1v) is 11.8. The van der Waals surface area contributed by atoms with Gasteiger partial charge < -0.3 is 25.0 Å². The van der Waals surface area contributed by atoms with Crippen molar-refractivity contribution in [2.75, 3.05) is 33.3 Å². The van der Waals surface area contributed by atoms with Crippen LogP contribution in [0.3, 0.4) is 0 Å². The molecular formula is C25H37N5O2. The second kappa shape index (κ2) is 12.9. The number of guanidine groups is 1. The van der Waals surface area contributed by atoms with Crippen LogP contribution in [0.2, 0.25) is 0 Å². The zero-order valence-corrected chi connectivity index (χ0v) is 19.6. The lowest BCUT2D eigenvalue weighted by molar-refractivity contribution is 0.206. The number of aromatic nitrogens is 1. The van der Waals surface area contributed by atoms with Crippen LogP contribution in [-0.4, -0.2) is 55.2 Å². The zero-order valence-electron chi connectivity index (χ0n) is 19.6. The number of hydrogen-bond acceptors (Lipinski definition) is 5. The van der Waals surface area contributed by atoms with Gasteiger partial charge in [-0.2, -0.15) is 0 Å². The summed E-state index contributed by atoms with van der Waals surface area (Å²) in [6.45, 7) is 9.10. The van der Waals surface area contributed by atoms with E-state index in [2.05, 4.69) is 39.4 Å². The number of pyridine rings is 1. The van der Waals surface area contributed by atoms with Crippen LogP contribution < -0.4 is 20.1 Å². The molecule has 174 valence electrons. The second-order valence-corrected chi connectivity index (χ2v) is 8.08. The largest absolute Gasteiger partial charge is 0.494 e. The van der Waals surface area contributed by atoms with Crippen molar-refractivity contribution < 1.29 is 9.47 Å². The van der Waals surface area contributed by atoms with Crippen LogP contribution in [0, 0.1) is 0 Å². The van der Waals surface area contributed by atoms with E-state index in [-0.39, 0.29) is 0 Å². The molecule has 0 saturated carbocycles. The van der Waals surface area contributed by atoms with Gasteiger partial charge in [-0.1, -0.05) is 19.9 Å². The molecule has 2 heterocycles. The summed E-state index contributed by atoms with van der Waals surface area (Å²) in [6, 6.07) is 12.0. The van der Waals surface area contributed by atoms with Gasteiger partial charge in [0.1, 0.15) is 11.5 Å². The number of ether oxygens (including phenoxy) is 2. The molecule has 1 aliphatic rings. The van der Waals surface area contributed by atoms with Crippen LogP contribution in [0.25, 0.3) is 0 Å². The van der Waals surface area contributed by atoms with Gasteiger partial charge in [-0.25, -0.2) is 4.98 Å². The molecule has 7 heteroatoms. The minimum absolute atomic E-state index is 0.451. The minimum atomic E-state index is 0.451. The smallest absolute Gasteiger partial charge is 0.224 e. The fraction of sp³-hybridized carbons (Fsp3) is 0.520. The monoisotopic (exact) mass is 439 g/mol. The van der Waals surface area contributed by atoms with Crippen LogP contribution in [0.5, 0.6) is 17.4 Å². The third kappa shape index (κ3) is 7.41. The number of hydrogen-bond donors (Lipinski definition) is 2. The van der Waals surface area contributed by atoms with Gasteiger partial charge in [-0.3, -0.25) is 4.99 Å². The third-order valence-electron chi connectivity index (χ3n) is 5.50. The molecule has 1 aliphatic heterocycles. The number of piperidine rings is 1. The molecule has 1 aromatic carbocycles. The highest BCUT2D eigenvalue weighted by molar-refractivity contribution is 5.80. The van der Waals surface area contributed by atoms with Crippen molar-refractivity contribution in [3.63, 3.8) is 0 Å². The highest BCUT2D eigenvalue weighted by Crippen LogP contribution is 2.25. The number of aliphatic imine (C=N–C) groups is 1. The van der Waals surface area contributed by atoms with Crippen molar-refractivity contribution in [3.8, 4) is 17.4 Å². The Morgan fingerprint density at radius 1 is 1.09 bits per heavy atom. The summed E-state index contributed by atoms with van der Waals surface area (Å²) in [5.41, 5.74) is 0.972. The van der Waals surface area contributed by atoms with E-state index in [1.54, 1.807) is 6.20 Å². The predicted octanol–water partition coefficient (Wildman–Crippen LogP) is 4.20. The fourth-order valence-electron chi connectivity index (χ4n) is 3.77. The number of benzene rings is 1. The van der Waals surface area contributed by atoms with E-state index in [4.69, 9.17) is 9.47 Å². The Balaban J connectivity index is 1.53. The van der Waals surface area contributed by atoms with Crippen LogP contribution in [0.1, 0.15) is 45.1 Å². The highest BCUT2D eigenvalue weighted by atomic mass is 16.5. The minimum Gasteiger partial charge on any atom is -0.494 e. The Kier molecular flexibility index (Phi) is 9.62. The maximum absolute atomic E-state index is 6.05. The van der Waals surface area contributed by atoms with E-state index < -0.39 is 0 Å². The normalized spacial score (nSPS) is 15.4. The average Bonchev–Trinajstić information content (AvgIpc) is 2.83. The van der Waals surface area contributed by atoms with Gasteiger partial charge in [-0.15, -0.1) is 0 Å². The lowest BCUT2D eigenvalue weighted by Gasteiger charge is -2.32. The first-order valence-electron chi connectivity index (χ1n) is 11.8. The van der Waals surface area contributed by atoms with E-state index in [1.807, 2.05) is 43.4 Å². The molecule has 1 fully saturated rings. The summed E-state index contributed by atoms with van der Waals surface area (Å²) in [7, 11) is 1.81. The molecule has 0 unspecified atom stereocenters. The van der Waals surface area contributed by atoms with Gasteiger partial charge in [0.05, 0.1) is 6.61 Å². The van der Waals surface area contributed by atoms with Crippen molar-refractivity contribution in [1.29, 1.82) is 0 Å². The summed E-state index contributed by atoms with van der Waals surface area (Å²) in [5.74, 6) is 2.98.